The molecule has 0 bridgehead atoms. The van der Waals surface area contributed by atoms with Gasteiger partial charge in [0.2, 0.25) is 15.9 Å². The number of ether oxygens (including phenoxy) is 1. The van der Waals surface area contributed by atoms with Gasteiger partial charge < -0.3 is 10.1 Å². The third-order valence-corrected chi connectivity index (χ3v) is 6.59. The number of sulfonamides is 1. The number of rotatable bonds is 8. The third-order valence-electron chi connectivity index (χ3n) is 4.79. The molecule has 0 unspecified atom stereocenters. The second-order valence-corrected chi connectivity index (χ2v) is 9.10. The second kappa shape index (κ2) is 10.2. The highest BCUT2D eigenvalue weighted by atomic mass is 32.2. The lowest BCUT2D eigenvalue weighted by atomic mass is 10.2. The molecular weight excluding hydrogens is 428 g/mol. The molecule has 166 valence electrons. The highest BCUT2D eigenvalue weighted by Gasteiger charge is 2.27. The molecule has 0 saturated heterocycles. The predicted molar refractivity (Wildman–Crippen MR) is 122 cm³/mol. The summed E-state index contributed by atoms with van der Waals surface area (Å²) in [6.07, 6.45) is 0. The number of carbonyl (C=O) groups is 2. The predicted octanol–water partition coefficient (Wildman–Crippen LogP) is 3.61. The van der Waals surface area contributed by atoms with Crippen LogP contribution in [0.3, 0.4) is 0 Å². The van der Waals surface area contributed by atoms with Crippen LogP contribution >= 0.6 is 0 Å². The van der Waals surface area contributed by atoms with Gasteiger partial charge in [0.05, 0.1) is 29.8 Å². The number of benzene rings is 3. The van der Waals surface area contributed by atoms with Gasteiger partial charge in [-0.1, -0.05) is 60.2 Å². The van der Waals surface area contributed by atoms with Crippen LogP contribution in [0.4, 0.5) is 5.69 Å². The van der Waals surface area contributed by atoms with Crippen LogP contribution in [0.25, 0.3) is 0 Å². The number of amides is 1. The number of nitrogens with zero attached hydrogens (tertiary/aromatic N) is 1. The molecule has 0 aliphatic heterocycles. The van der Waals surface area contributed by atoms with Crippen LogP contribution in [0.15, 0.2) is 83.8 Å². The zero-order chi connectivity index (χ0) is 23.1. The Balaban J connectivity index is 1.88. The molecule has 0 atom stereocenters. The molecule has 1 amide bonds. The Morgan fingerprint density at radius 2 is 1.53 bits per heavy atom. The number of methoxy groups -OCH3 is 1. The molecule has 7 nitrogen and oxygen atoms in total. The van der Waals surface area contributed by atoms with E-state index in [1.807, 2.05) is 13.0 Å². The summed E-state index contributed by atoms with van der Waals surface area (Å²) in [5, 5.41) is 2.63. The minimum Gasteiger partial charge on any atom is -0.465 e. The van der Waals surface area contributed by atoms with E-state index in [1.165, 1.54) is 25.3 Å². The Morgan fingerprint density at radius 1 is 0.906 bits per heavy atom. The monoisotopic (exact) mass is 452 g/mol. The zero-order valence-corrected chi connectivity index (χ0v) is 18.6. The lowest BCUT2D eigenvalue weighted by molar-refractivity contribution is -0.116. The number of hydrogen-bond acceptors (Lipinski definition) is 5. The second-order valence-electron chi connectivity index (χ2n) is 7.16. The molecule has 0 heterocycles. The first-order valence-corrected chi connectivity index (χ1v) is 11.3. The van der Waals surface area contributed by atoms with Crippen LogP contribution < -0.4 is 5.32 Å². The van der Waals surface area contributed by atoms with Crippen molar-refractivity contribution in [3.05, 3.63) is 95.6 Å². The molecule has 0 saturated carbocycles. The number of aryl methyl sites for hydroxylation is 1. The molecule has 0 fully saturated rings. The normalized spacial score (nSPS) is 11.2. The van der Waals surface area contributed by atoms with Gasteiger partial charge in [0.15, 0.2) is 0 Å². The average molecular weight is 453 g/mol. The van der Waals surface area contributed by atoms with Crippen molar-refractivity contribution < 1.29 is 22.7 Å². The molecule has 0 spiro atoms. The van der Waals surface area contributed by atoms with Crippen molar-refractivity contribution >= 4 is 27.6 Å². The maximum absolute atomic E-state index is 13.3. The summed E-state index contributed by atoms with van der Waals surface area (Å²) < 4.78 is 32.5. The van der Waals surface area contributed by atoms with Crippen LogP contribution in [-0.2, 0) is 26.1 Å². The molecule has 8 heteroatoms. The van der Waals surface area contributed by atoms with Crippen molar-refractivity contribution in [2.75, 3.05) is 19.0 Å². The summed E-state index contributed by atoms with van der Waals surface area (Å²) in [4.78, 5) is 24.9. The van der Waals surface area contributed by atoms with E-state index >= 15 is 0 Å². The molecule has 3 rings (SSSR count). The van der Waals surface area contributed by atoms with Crippen LogP contribution in [0.1, 0.15) is 21.5 Å². The Kier molecular flexibility index (Phi) is 7.40. The minimum atomic E-state index is -3.95. The van der Waals surface area contributed by atoms with Gasteiger partial charge in [0, 0.05) is 6.54 Å². The first-order valence-electron chi connectivity index (χ1n) is 9.89. The van der Waals surface area contributed by atoms with E-state index in [9.17, 15) is 18.0 Å². The summed E-state index contributed by atoms with van der Waals surface area (Å²) in [6.45, 7) is 1.45. The number of anilines is 1. The summed E-state index contributed by atoms with van der Waals surface area (Å²) in [6, 6.07) is 21.9. The minimum absolute atomic E-state index is 0.0170. The van der Waals surface area contributed by atoms with Crippen molar-refractivity contribution in [1.82, 2.24) is 4.31 Å². The highest BCUT2D eigenvalue weighted by molar-refractivity contribution is 7.89. The van der Waals surface area contributed by atoms with Gasteiger partial charge in [0.1, 0.15) is 0 Å². The maximum atomic E-state index is 13.3. The molecule has 3 aromatic carbocycles. The molecule has 3 aromatic rings. The first-order chi connectivity index (χ1) is 15.3. The molecule has 0 aliphatic carbocycles. The fraction of sp³-hybridized carbons (Fsp3) is 0.167. The number of para-hydroxylation sites is 1. The van der Waals surface area contributed by atoms with Crippen molar-refractivity contribution in [1.29, 1.82) is 0 Å². The summed E-state index contributed by atoms with van der Waals surface area (Å²) >= 11 is 0. The lowest BCUT2D eigenvalue weighted by Gasteiger charge is -2.22. The van der Waals surface area contributed by atoms with Crippen molar-refractivity contribution in [2.45, 2.75) is 18.4 Å². The Hall–Kier alpha value is -3.49. The Morgan fingerprint density at radius 3 is 2.19 bits per heavy atom. The summed E-state index contributed by atoms with van der Waals surface area (Å²) in [5.74, 6) is -1.18. The Bertz CT molecular complexity index is 1190. The molecule has 32 heavy (non-hydrogen) atoms. The van der Waals surface area contributed by atoms with Crippen LogP contribution in [0, 0.1) is 6.92 Å². The number of nitrogens with one attached hydrogen (secondary N) is 1. The van der Waals surface area contributed by atoms with Crippen molar-refractivity contribution in [3.8, 4) is 0 Å². The summed E-state index contributed by atoms with van der Waals surface area (Å²) in [7, 11) is -2.71. The standard InChI is InChI=1S/C24H24N2O5S/c1-18-12-14-20(15-13-18)32(29,30)26(16-19-8-4-3-5-9-19)17-23(27)25-22-11-7-6-10-21(22)24(28)31-2/h3-15H,16-17H2,1-2H3,(H,25,27). The molecular formula is C24H24N2O5S. The van der Waals surface area contributed by atoms with Gasteiger partial charge in [-0.2, -0.15) is 4.31 Å². The number of carbonyl (C=O) groups excluding carboxylic acids is 2. The first kappa shape index (κ1) is 23.2. The smallest absolute Gasteiger partial charge is 0.339 e. The maximum Gasteiger partial charge on any atom is 0.339 e. The van der Waals surface area contributed by atoms with E-state index in [4.69, 9.17) is 4.74 Å². The Labute approximate surface area is 187 Å². The van der Waals surface area contributed by atoms with Gasteiger partial charge in [-0.25, -0.2) is 13.2 Å². The van der Waals surface area contributed by atoms with E-state index in [-0.39, 0.29) is 22.7 Å². The van der Waals surface area contributed by atoms with Gasteiger partial charge in [-0.3, -0.25) is 4.79 Å². The highest BCUT2D eigenvalue weighted by Crippen LogP contribution is 2.20. The van der Waals surface area contributed by atoms with Gasteiger partial charge in [-0.05, 0) is 36.8 Å². The summed E-state index contributed by atoms with van der Waals surface area (Å²) in [5.41, 5.74) is 2.10. The largest absolute Gasteiger partial charge is 0.465 e. The topological polar surface area (TPSA) is 92.8 Å². The van der Waals surface area contributed by atoms with E-state index in [1.54, 1.807) is 54.6 Å². The van der Waals surface area contributed by atoms with E-state index in [2.05, 4.69) is 5.32 Å². The third kappa shape index (κ3) is 5.60. The molecule has 1 N–H and O–H groups in total. The quantitative estimate of drug-likeness (QED) is 0.527. The van der Waals surface area contributed by atoms with Crippen LogP contribution in [-0.4, -0.2) is 38.3 Å². The van der Waals surface area contributed by atoms with Gasteiger partial charge >= 0.3 is 5.97 Å². The van der Waals surface area contributed by atoms with Crippen LogP contribution in [0.2, 0.25) is 0 Å². The van der Waals surface area contributed by atoms with E-state index < -0.39 is 28.4 Å². The molecule has 0 aromatic heterocycles. The number of hydrogen-bond donors (Lipinski definition) is 1. The lowest BCUT2D eigenvalue weighted by Crippen LogP contribution is -2.37. The molecule has 0 radical (unpaired) electrons. The van der Waals surface area contributed by atoms with Crippen LogP contribution in [0.5, 0.6) is 0 Å². The van der Waals surface area contributed by atoms with E-state index in [0.717, 1.165) is 15.4 Å². The fourth-order valence-corrected chi connectivity index (χ4v) is 4.49. The fourth-order valence-electron chi connectivity index (χ4n) is 3.10. The van der Waals surface area contributed by atoms with Gasteiger partial charge in [-0.15, -0.1) is 0 Å². The van der Waals surface area contributed by atoms with Gasteiger partial charge in [0.25, 0.3) is 0 Å². The SMILES string of the molecule is COC(=O)c1ccccc1NC(=O)CN(Cc1ccccc1)S(=O)(=O)c1ccc(C)cc1. The van der Waals surface area contributed by atoms with Crippen molar-refractivity contribution in [3.63, 3.8) is 0 Å². The molecule has 0 aliphatic rings. The zero-order valence-electron chi connectivity index (χ0n) is 17.8. The van der Waals surface area contributed by atoms with Crippen molar-refractivity contribution in [2.24, 2.45) is 0 Å². The number of esters is 1. The van der Waals surface area contributed by atoms with E-state index in [0.29, 0.717) is 0 Å². The average Bonchev–Trinajstić information content (AvgIpc) is 2.79.